The topological polar surface area (TPSA) is 66.8 Å². The quantitative estimate of drug-likeness (QED) is 0.682. The Labute approximate surface area is 90.2 Å². The van der Waals surface area contributed by atoms with Crippen LogP contribution in [-0.4, -0.2) is 35.0 Å². The summed E-state index contributed by atoms with van der Waals surface area (Å²) in [6.07, 6.45) is 0.447. The second kappa shape index (κ2) is 3.46. The second-order valence-electron chi connectivity index (χ2n) is 5.02. The van der Waals surface area contributed by atoms with Crippen LogP contribution < -0.4 is 0 Å². The Morgan fingerprint density at radius 3 is 2.27 bits per heavy atom. The zero-order valence-corrected chi connectivity index (χ0v) is 9.83. The van der Waals surface area contributed by atoms with Crippen LogP contribution in [0.15, 0.2) is 0 Å². The van der Waals surface area contributed by atoms with E-state index in [9.17, 15) is 15.0 Å². The lowest BCUT2D eigenvalue weighted by molar-refractivity contribution is -0.264. The zero-order valence-electron chi connectivity index (χ0n) is 9.83. The summed E-state index contributed by atoms with van der Waals surface area (Å²) in [5.41, 5.74) is -2.74. The first-order valence-electron chi connectivity index (χ1n) is 5.25. The molecule has 1 saturated carbocycles. The van der Waals surface area contributed by atoms with Crippen molar-refractivity contribution in [1.29, 1.82) is 0 Å². The summed E-state index contributed by atoms with van der Waals surface area (Å²) >= 11 is 0. The van der Waals surface area contributed by atoms with Crippen LogP contribution in [0.2, 0.25) is 0 Å². The maximum Gasteiger partial charge on any atom is 0.314 e. The van der Waals surface area contributed by atoms with Gasteiger partial charge in [-0.1, -0.05) is 6.92 Å². The van der Waals surface area contributed by atoms with E-state index in [0.717, 1.165) is 0 Å². The number of ether oxygens (including phenoxy) is 1. The maximum atomic E-state index is 11.7. The highest BCUT2D eigenvalue weighted by molar-refractivity contribution is 5.80. The van der Waals surface area contributed by atoms with E-state index in [1.807, 2.05) is 0 Å². The van der Waals surface area contributed by atoms with Gasteiger partial charge >= 0.3 is 5.97 Å². The van der Waals surface area contributed by atoms with Crippen LogP contribution in [-0.2, 0) is 9.53 Å². The summed E-state index contributed by atoms with van der Waals surface area (Å²) < 4.78 is 4.94. The summed E-state index contributed by atoms with van der Waals surface area (Å²) in [5.74, 6) is -0.388. The number of hydrogen-bond acceptors (Lipinski definition) is 4. The number of esters is 1. The SMILES string of the molecule is CCOC(=O)C1(C)CC(C)(CO)C1(C)O. The number of hydrogen-bond donors (Lipinski definition) is 2. The number of rotatable bonds is 3. The molecule has 1 aliphatic carbocycles. The van der Waals surface area contributed by atoms with Gasteiger partial charge in [0.15, 0.2) is 0 Å². The van der Waals surface area contributed by atoms with Gasteiger partial charge in [0.2, 0.25) is 0 Å². The average molecular weight is 216 g/mol. The molecule has 0 aliphatic heterocycles. The van der Waals surface area contributed by atoms with E-state index in [1.165, 1.54) is 0 Å². The van der Waals surface area contributed by atoms with E-state index in [2.05, 4.69) is 0 Å². The second-order valence-corrected chi connectivity index (χ2v) is 5.02. The molecule has 1 rings (SSSR count). The fraction of sp³-hybridized carbons (Fsp3) is 0.909. The van der Waals surface area contributed by atoms with Crippen molar-refractivity contribution in [2.45, 2.75) is 39.7 Å². The highest BCUT2D eigenvalue weighted by atomic mass is 16.5. The van der Waals surface area contributed by atoms with E-state index >= 15 is 0 Å². The molecular weight excluding hydrogens is 196 g/mol. The van der Waals surface area contributed by atoms with Crippen molar-refractivity contribution >= 4 is 5.97 Å². The fourth-order valence-electron chi connectivity index (χ4n) is 2.46. The number of aliphatic hydroxyl groups excluding tert-OH is 1. The minimum absolute atomic E-state index is 0.130. The summed E-state index contributed by atoms with van der Waals surface area (Å²) in [7, 11) is 0. The standard InChI is InChI=1S/C11H20O4/c1-5-15-8(13)10(3)6-9(2,7-12)11(10,4)14/h12,14H,5-7H2,1-4H3. The smallest absolute Gasteiger partial charge is 0.314 e. The van der Waals surface area contributed by atoms with Crippen molar-refractivity contribution in [3.8, 4) is 0 Å². The van der Waals surface area contributed by atoms with Gasteiger partial charge in [-0.15, -0.1) is 0 Å². The van der Waals surface area contributed by atoms with E-state index in [0.29, 0.717) is 13.0 Å². The molecule has 3 atom stereocenters. The van der Waals surface area contributed by atoms with Crippen LogP contribution in [0.25, 0.3) is 0 Å². The maximum absolute atomic E-state index is 11.7. The van der Waals surface area contributed by atoms with Crippen LogP contribution in [0.4, 0.5) is 0 Å². The Hall–Kier alpha value is -0.610. The van der Waals surface area contributed by atoms with Gasteiger partial charge in [-0.05, 0) is 27.2 Å². The highest BCUT2D eigenvalue weighted by Crippen LogP contribution is 2.62. The Morgan fingerprint density at radius 1 is 1.40 bits per heavy atom. The predicted octanol–water partition coefficient (Wildman–Crippen LogP) is 0.709. The predicted molar refractivity (Wildman–Crippen MR) is 55.2 cm³/mol. The molecule has 0 aromatic heterocycles. The molecular formula is C11H20O4. The van der Waals surface area contributed by atoms with Gasteiger partial charge in [0.25, 0.3) is 0 Å². The summed E-state index contributed by atoms with van der Waals surface area (Å²) in [4.78, 5) is 11.7. The van der Waals surface area contributed by atoms with Gasteiger partial charge in [-0.3, -0.25) is 4.79 Å². The first-order valence-corrected chi connectivity index (χ1v) is 5.25. The average Bonchev–Trinajstić information content (AvgIpc) is 2.17. The first kappa shape index (κ1) is 12.5. The normalized spacial score (nSPS) is 44.7. The Kier molecular flexibility index (Phi) is 2.87. The molecule has 88 valence electrons. The van der Waals surface area contributed by atoms with Gasteiger partial charge in [-0.2, -0.15) is 0 Å². The van der Waals surface area contributed by atoms with Crippen LogP contribution in [0.5, 0.6) is 0 Å². The molecule has 0 spiro atoms. The molecule has 0 heterocycles. The minimum atomic E-state index is -1.22. The Morgan fingerprint density at radius 2 is 1.93 bits per heavy atom. The molecule has 4 nitrogen and oxygen atoms in total. The van der Waals surface area contributed by atoms with Crippen molar-refractivity contribution in [3.63, 3.8) is 0 Å². The van der Waals surface area contributed by atoms with E-state index in [-0.39, 0.29) is 12.6 Å². The van der Waals surface area contributed by atoms with Crippen molar-refractivity contribution < 1.29 is 19.7 Å². The number of carbonyl (C=O) groups is 1. The van der Waals surface area contributed by atoms with Crippen molar-refractivity contribution in [3.05, 3.63) is 0 Å². The third-order valence-corrected chi connectivity index (χ3v) is 4.07. The van der Waals surface area contributed by atoms with E-state index in [1.54, 1.807) is 27.7 Å². The zero-order chi connectivity index (χ0) is 11.9. The fourth-order valence-corrected chi connectivity index (χ4v) is 2.46. The summed E-state index contributed by atoms with van der Waals surface area (Å²) in [6, 6.07) is 0. The molecule has 0 aromatic carbocycles. The van der Waals surface area contributed by atoms with Crippen LogP contribution in [0.1, 0.15) is 34.1 Å². The molecule has 1 aliphatic rings. The van der Waals surface area contributed by atoms with Crippen molar-refractivity contribution in [1.82, 2.24) is 0 Å². The lowest BCUT2D eigenvalue weighted by Gasteiger charge is -2.62. The molecule has 15 heavy (non-hydrogen) atoms. The van der Waals surface area contributed by atoms with Gasteiger partial charge in [0.05, 0.1) is 24.2 Å². The molecule has 3 unspecified atom stereocenters. The van der Waals surface area contributed by atoms with Crippen LogP contribution >= 0.6 is 0 Å². The van der Waals surface area contributed by atoms with Gasteiger partial charge in [0, 0.05) is 5.41 Å². The van der Waals surface area contributed by atoms with E-state index in [4.69, 9.17) is 4.74 Å². The molecule has 1 fully saturated rings. The third kappa shape index (κ3) is 1.39. The minimum Gasteiger partial charge on any atom is -0.465 e. The van der Waals surface area contributed by atoms with Gasteiger partial charge < -0.3 is 14.9 Å². The molecule has 2 N–H and O–H groups in total. The molecule has 4 heteroatoms. The molecule has 0 saturated heterocycles. The monoisotopic (exact) mass is 216 g/mol. The number of carbonyl (C=O) groups excluding carboxylic acids is 1. The van der Waals surface area contributed by atoms with Crippen molar-refractivity contribution in [2.75, 3.05) is 13.2 Å². The summed E-state index contributed by atoms with van der Waals surface area (Å²) in [6.45, 7) is 6.95. The third-order valence-electron chi connectivity index (χ3n) is 4.07. The van der Waals surface area contributed by atoms with E-state index < -0.39 is 16.4 Å². The van der Waals surface area contributed by atoms with Gasteiger partial charge in [-0.25, -0.2) is 0 Å². The largest absolute Gasteiger partial charge is 0.465 e. The molecule has 0 amide bonds. The van der Waals surface area contributed by atoms with Crippen LogP contribution in [0.3, 0.4) is 0 Å². The Bertz CT molecular complexity index is 274. The Balaban J connectivity index is 2.89. The lowest BCUT2D eigenvalue weighted by Crippen LogP contribution is -2.71. The molecule has 0 bridgehead atoms. The van der Waals surface area contributed by atoms with Crippen molar-refractivity contribution in [2.24, 2.45) is 10.8 Å². The molecule has 0 radical (unpaired) electrons. The lowest BCUT2D eigenvalue weighted by atomic mass is 9.44. The number of aliphatic hydroxyl groups is 2. The van der Waals surface area contributed by atoms with Crippen LogP contribution in [0, 0.1) is 10.8 Å². The van der Waals surface area contributed by atoms with Gasteiger partial charge in [0.1, 0.15) is 0 Å². The first-order chi connectivity index (χ1) is 6.75. The molecule has 0 aromatic rings. The highest BCUT2D eigenvalue weighted by Gasteiger charge is 2.70. The summed E-state index contributed by atoms with van der Waals surface area (Å²) in [5, 5.41) is 19.5.